The molecular weight excluding hydrogens is 279 g/mol. The molecule has 1 heterocycles. The van der Waals surface area contributed by atoms with Crippen LogP contribution in [0.1, 0.15) is 12.5 Å². The minimum Gasteiger partial charge on any atom is -0.502 e. The van der Waals surface area contributed by atoms with Gasteiger partial charge in [0.05, 0.1) is 10.4 Å². The fourth-order valence-electron chi connectivity index (χ4n) is 1.62. The van der Waals surface area contributed by atoms with Crippen molar-refractivity contribution in [1.82, 2.24) is 3.96 Å². The van der Waals surface area contributed by atoms with Gasteiger partial charge >= 0.3 is 11.7 Å². The van der Waals surface area contributed by atoms with Crippen molar-refractivity contribution in [2.75, 3.05) is 0 Å². The molecule has 102 valence electrons. The van der Waals surface area contributed by atoms with E-state index < -0.39 is 23.0 Å². The molecule has 2 aromatic rings. The van der Waals surface area contributed by atoms with Gasteiger partial charge in [0.1, 0.15) is 0 Å². The van der Waals surface area contributed by atoms with Crippen LogP contribution in [0.4, 0.5) is 13.2 Å². The van der Waals surface area contributed by atoms with E-state index in [4.69, 9.17) is 0 Å². The highest BCUT2D eigenvalue weighted by molar-refractivity contribution is 7.10. The number of aromatic hydroxyl groups is 1. The zero-order valence-electron chi connectivity index (χ0n) is 9.86. The highest BCUT2D eigenvalue weighted by Gasteiger charge is 2.30. The van der Waals surface area contributed by atoms with Crippen molar-refractivity contribution < 1.29 is 18.3 Å². The maximum atomic E-state index is 12.4. The van der Waals surface area contributed by atoms with Gasteiger partial charge in [0.2, 0.25) is 5.75 Å². The quantitative estimate of drug-likeness (QED) is 0.921. The normalized spacial score (nSPS) is 11.8. The topological polar surface area (TPSA) is 42.2 Å². The second-order valence-corrected chi connectivity index (χ2v) is 4.88. The smallest absolute Gasteiger partial charge is 0.416 e. The van der Waals surface area contributed by atoms with Crippen molar-refractivity contribution in [3.05, 3.63) is 40.2 Å². The summed E-state index contributed by atoms with van der Waals surface area (Å²) >= 11 is 1.03. The van der Waals surface area contributed by atoms with Crippen molar-refractivity contribution in [1.29, 1.82) is 0 Å². The lowest BCUT2D eigenvalue weighted by Gasteiger charge is -2.06. The van der Waals surface area contributed by atoms with E-state index >= 15 is 0 Å². The molecule has 3 nitrogen and oxygen atoms in total. The number of hydrogen-bond acceptors (Lipinski definition) is 3. The molecule has 1 N–H and O–H groups in total. The third kappa shape index (κ3) is 2.51. The van der Waals surface area contributed by atoms with E-state index in [0.29, 0.717) is 12.1 Å². The van der Waals surface area contributed by atoms with Crippen molar-refractivity contribution >= 4 is 11.5 Å². The number of hydrogen-bond donors (Lipinski definition) is 1. The number of halogens is 3. The van der Waals surface area contributed by atoms with Crippen LogP contribution in [0.5, 0.6) is 5.75 Å². The van der Waals surface area contributed by atoms with E-state index in [1.54, 1.807) is 6.92 Å². The lowest BCUT2D eigenvalue weighted by molar-refractivity contribution is -0.137. The first-order chi connectivity index (χ1) is 8.84. The predicted octanol–water partition coefficient (Wildman–Crippen LogP) is 3.32. The van der Waals surface area contributed by atoms with Gasteiger partial charge in [-0.25, -0.2) is 0 Å². The molecule has 1 aromatic heterocycles. The van der Waals surface area contributed by atoms with E-state index in [-0.39, 0.29) is 4.88 Å². The summed E-state index contributed by atoms with van der Waals surface area (Å²) in [5.74, 6) is -0.424. The Morgan fingerprint density at radius 2 is 1.84 bits per heavy atom. The Morgan fingerprint density at radius 1 is 1.26 bits per heavy atom. The Kier molecular flexibility index (Phi) is 3.40. The van der Waals surface area contributed by atoms with Gasteiger partial charge in [-0.3, -0.25) is 8.75 Å². The standard InChI is InChI=1S/C12H10F3NO2S/c1-2-16-11(18)9(17)10(19-16)7-3-5-8(6-4-7)12(13,14)15/h3-6,17H,2H2,1H3. The van der Waals surface area contributed by atoms with Gasteiger partial charge in [0.15, 0.2) is 0 Å². The van der Waals surface area contributed by atoms with Crippen LogP contribution in [0.2, 0.25) is 0 Å². The van der Waals surface area contributed by atoms with Crippen molar-refractivity contribution in [2.24, 2.45) is 0 Å². The molecule has 0 spiro atoms. The first-order valence-electron chi connectivity index (χ1n) is 5.45. The van der Waals surface area contributed by atoms with E-state index in [2.05, 4.69) is 0 Å². The van der Waals surface area contributed by atoms with Crippen LogP contribution in [0.3, 0.4) is 0 Å². The average Bonchev–Trinajstić information content (AvgIpc) is 2.65. The summed E-state index contributed by atoms with van der Waals surface area (Å²) < 4.78 is 38.6. The summed E-state index contributed by atoms with van der Waals surface area (Å²) in [6.45, 7) is 2.14. The highest BCUT2D eigenvalue weighted by Crippen LogP contribution is 2.34. The molecule has 0 saturated heterocycles. The Morgan fingerprint density at radius 3 is 2.26 bits per heavy atom. The van der Waals surface area contributed by atoms with Gasteiger partial charge in [-0.15, -0.1) is 0 Å². The van der Waals surface area contributed by atoms with Crippen LogP contribution in [-0.4, -0.2) is 9.06 Å². The van der Waals surface area contributed by atoms with Crippen LogP contribution in [0, 0.1) is 0 Å². The number of alkyl halides is 3. The Labute approximate surface area is 110 Å². The van der Waals surface area contributed by atoms with E-state index in [0.717, 1.165) is 23.7 Å². The molecule has 0 fully saturated rings. The molecule has 0 aliphatic carbocycles. The fourth-order valence-corrected chi connectivity index (χ4v) is 2.55. The molecule has 0 aliphatic rings. The minimum atomic E-state index is -4.40. The summed E-state index contributed by atoms with van der Waals surface area (Å²) in [5, 5.41) is 9.69. The Hall–Kier alpha value is -1.76. The molecule has 0 radical (unpaired) electrons. The van der Waals surface area contributed by atoms with Gasteiger partial charge in [0.25, 0.3) is 0 Å². The molecule has 0 aliphatic heterocycles. The second kappa shape index (κ2) is 4.73. The van der Waals surface area contributed by atoms with Crippen LogP contribution >= 0.6 is 11.5 Å². The maximum Gasteiger partial charge on any atom is 0.416 e. The number of aromatic nitrogens is 1. The largest absolute Gasteiger partial charge is 0.502 e. The minimum absolute atomic E-state index is 0.278. The van der Waals surface area contributed by atoms with Crippen LogP contribution in [0.25, 0.3) is 10.4 Å². The summed E-state index contributed by atoms with van der Waals surface area (Å²) in [4.78, 5) is 11.8. The molecule has 0 amide bonds. The van der Waals surface area contributed by atoms with Crippen LogP contribution in [0.15, 0.2) is 29.1 Å². The summed E-state index contributed by atoms with van der Waals surface area (Å²) in [7, 11) is 0. The van der Waals surface area contributed by atoms with E-state index in [9.17, 15) is 23.1 Å². The van der Waals surface area contributed by atoms with Gasteiger partial charge in [-0.1, -0.05) is 23.7 Å². The van der Waals surface area contributed by atoms with Crippen molar-refractivity contribution in [2.45, 2.75) is 19.6 Å². The Balaban J connectivity index is 2.46. The first kappa shape index (κ1) is 13.7. The molecular formula is C12H10F3NO2S. The number of rotatable bonds is 2. The average molecular weight is 289 g/mol. The van der Waals surface area contributed by atoms with Gasteiger partial charge in [-0.05, 0) is 24.6 Å². The summed E-state index contributed by atoms with van der Waals surface area (Å²) in [6.07, 6.45) is -4.40. The van der Waals surface area contributed by atoms with Crippen molar-refractivity contribution in [3.8, 4) is 16.2 Å². The lowest BCUT2D eigenvalue weighted by atomic mass is 10.1. The molecule has 2 rings (SSSR count). The number of nitrogens with zero attached hydrogens (tertiary/aromatic N) is 1. The maximum absolute atomic E-state index is 12.4. The van der Waals surface area contributed by atoms with E-state index in [1.807, 2.05) is 0 Å². The van der Waals surface area contributed by atoms with E-state index in [1.165, 1.54) is 16.1 Å². The highest BCUT2D eigenvalue weighted by atomic mass is 32.1. The van der Waals surface area contributed by atoms with Crippen LogP contribution < -0.4 is 5.56 Å². The molecule has 0 unspecified atom stereocenters. The monoisotopic (exact) mass is 289 g/mol. The second-order valence-electron chi connectivity index (χ2n) is 3.84. The summed E-state index contributed by atoms with van der Waals surface area (Å²) in [5.41, 5.74) is -0.903. The number of aryl methyl sites for hydroxylation is 1. The van der Waals surface area contributed by atoms with Crippen LogP contribution in [-0.2, 0) is 12.7 Å². The third-order valence-corrected chi connectivity index (χ3v) is 3.86. The molecule has 0 bridgehead atoms. The van der Waals surface area contributed by atoms with Gasteiger partial charge in [-0.2, -0.15) is 13.2 Å². The first-order valence-corrected chi connectivity index (χ1v) is 6.22. The SMILES string of the molecule is CCn1sc(-c2ccc(C(F)(F)F)cc2)c(O)c1=O. The van der Waals surface area contributed by atoms with Gasteiger partial charge < -0.3 is 5.11 Å². The molecule has 0 saturated carbocycles. The molecule has 19 heavy (non-hydrogen) atoms. The zero-order valence-corrected chi connectivity index (χ0v) is 10.7. The molecule has 7 heteroatoms. The molecule has 1 aromatic carbocycles. The third-order valence-electron chi connectivity index (χ3n) is 2.61. The van der Waals surface area contributed by atoms with Gasteiger partial charge in [0, 0.05) is 6.54 Å². The Bertz CT molecular complexity index is 640. The predicted molar refractivity (Wildman–Crippen MR) is 66.4 cm³/mol. The zero-order chi connectivity index (χ0) is 14.2. The summed E-state index contributed by atoms with van der Waals surface area (Å²) in [6, 6.07) is 4.34. The number of benzene rings is 1. The lowest BCUT2D eigenvalue weighted by Crippen LogP contribution is -2.10. The fraction of sp³-hybridized carbons (Fsp3) is 0.250. The molecule has 0 atom stereocenters. The van der Waals surface area contributed by atoms with Crippen molar-refractivity contribution in [3.63, 3.8) is 0 Å².